The van der Waals surface area contributed by atoms with Crippen molar-refractivity contribution >= 4 is 17.2 Å². The molecule has 1 aromatic heterocycles. The number of aromatic nitrogens is 2. The Hall–Kier alpha value is -1.23. The number of ether oxygens (including phenoxy) is 1. The molecule has 0 radical (unpaired) electrons. The van der Waals surface area contributed by atoms with Crippen LogP contribution in [0.5, 0.6) is 6.01 Å². The minimum Gasteiger partial charge on any atom is -0.460 e. The van der Waals surface area contributed by atoms with Crippen LogP contribution in [0.4, 0.5) is 0 Å². The Labute approximate surface area is 120 Å². The van der Waals surface area contributed by atoms with E-state index in [4.69, 9.17) is 22.7 Å². The van der Waals surface area contributed by atoms with Crippen molar-refractivity contribution in [2.24, 2.45) is 5.73 Å². The summed E-state index contributed by atoms with van der Waals surface area (Å²) >= 11 is 4.93. The molecule has 0 spiro atoms. The Balaban J connectivity index is 2.53. The number of unbranched alkanes of at least 4 members (excludes halogenated alkanes) is 3. The van der Waals surface area contributed by atoms with Crippen LogP contribution in [-0.2, 0) is 0 Å². The fraction of sp³-hybridized carbons (Fsp3) is 0.643. The monoisotopic (exact) mass is 281 g/mol. The minimum absolute atomic E-state index is 0.109. The molecule has 5 heteroatoms. The van der Waals surface area contributed by atoms with Crippen molar-refractivity contribution in [3.63, 3.8) is 0 Å². The highest BCUT2D eigenvalue weighted by molar-refractivity contribution is 7.80. The van der Waals surface area contributed by atoms with E-state index in [1.807, 2.05) is 13.8 Å². The van der Waals surface area contributed by atoms with Gasteiger partial charge in [-0.2, -0.15) is 4.98 Å². The van der Waals surface area contributed by atoms with Gasteiger partial charge >= 0.3 is 6.01 Å². The van der Waals surface area contributed by atoms with Gasteiger partial charge in [-0.1, -0.05) is 38.4 Å². The van der Waals surface area contributed by atoms with Gasteiger partial charge in [0.2, 0.25) is 0 Å². The molecule has 1 unspecified atom stereocenters. The molecule has 1 heterocycles. The molecule has 1 rings (SSSR count). The van der Waals surface area contributed by atoms with E-state index in [0.717, 1.165) is 12.1 Å². The summed E-state index contributed by atoms with van der Waals surface area (Å²) in [5.41, 5.74) is 6.96. The number of hydrogen-bond donors (Lipinski definition) is 1. The Kier molecular flexibility index (Phi) is 6.70. The second-order valence-electron chi connectivity index (χ2n) is 4.82. The average Bonchev–Trinajstić information content (AvgIpc) is 2.34. The van der Waals surface area contributed by atoms with Crippen LogP contribution in [0.3, 0.4) is 0 Å². The van der Waals surface area contributed by atoms with E-state index in [1.54, 1.807) is 6.07 Å². The summed E-state index contributed by atoms with van der Waals surface area (Å²) in [5.74, 6) is 0. The van der Waals surface area contributed by atoms with Crippen molar-refractivity contribution in [1.29, 1.82) is 0 Å². The molecule has 1 atom stereocenters. The van der Waals surface area contributed by atoms with Gasteiger partial charge < -0.3 is 10.5 Å². The van der Waals surface area contributed by atoms with Crippen LogP contribution in [0.25, 0.3) is 0 Å². The van der Waals surface area contributed by atoms with Gasteiger partial charge in [0.05, 0.1) is 6.10 Å². The van der Waals surface area contributed by atoms with Gasteiger partial charge in [-0.05, 0) is 32.8 Å². The number of aryl methyl sites for hydroxylation is 1. The van der Waals surface area contributed by atoms with E-state index >= 15 is 0 Å². The van der Waals surface area contributed by atoms with Crippen LogP contribution in [0, 0.1) is 6.92 Å². The fourth-order valence-electron chi connectivity index (χ4n) is 1.82. The highest BCUT2D eigenvalue weighted by atomic mass is 32.1. The second kappa shape index (κ2) is 8.04. The Bertz CT molecular complexity index is 423. The van der Waals surface area contributed by atoms with Crippen LogP contribution in [0.15, 0.2) is 6.07 Å². The molecule has 1 aromatic rings. The highest BCUT2D eigenvalue weighted by Crippen LogP contribution is 2.13. The number of hydrogen-bond acceptors (Lipinski definition) is 4. The first-order chi connectivity index (χ1) is 9.02. The number of nitrogens with two attached hydrogens (primary N) is 1. The van der Waals surface area contributed by atoms with E-state index < -0.39 is 0 Å². The Morgan fingerprint density at radius 1 is 1.37 bits per heavy atom. The number of thiocarbonyl (C=S) groups is 1. The largest absolute Gasteiger partial charge is 0.460 e. The van der Waals surface area contributed by atoms with Crippen molar-refractivity contribution in [2.75, 3.05) is 0 Å². The molecule has 0 bridgehead atoms. The molecular weight excluding hydrogens is 258 g/mol. The lowest BCUT2D eigenvalue weighted by molar-refractivity contribution is 0.189. The molecule has 19 heavy (non-hydrogen) atoms. The van der Waals surface area contributed by atoms with Crippen LogP contribution >= 0.6 is 12.2 Å². The van der Waals surface area contributed by atoms with Gasteiger partial charge in [-0.3, -0.25) is 0 Å². The molecule has 0 saturated carbocycles. The molecule has 0 aliphatic heterocycles. The molecule has 106 valence electrons. The summed E-state index contributed by atoms with van der Waals surface area (Å²) in [5, 5.41) is 0. The third-order valence-electron chi connectivity index (χ3n) is 2.86. The van der Waals surface area contributed by atoms with E-state index in [1.165, 1.54) is 25.7 Å². The average molecular weight is 281 g/mol. The normalized spacial score (nSPS) is 12.2. The van der Waals surface area contributed by atoms with Gasteiger partial charge in [-0.25, -0.2) is 4.98 Å². The Morgan fingerprint density at radius 2 is 2.11 bits per heavy atom. The van der Waals surface area contributed by atoms with Gasteiger partial charge in [0.25, 0.3) is 0 Å². The molecule has 4 nitrogen and oxygen atoms in total. The van der Waals surface area contributed by atoms with Crippen LogP contribution in [0.1, 0.15) is 57.3 Å². The third kappa shape index (κ3) is 5.96. The van der Waals surface area contributed by atoms with Crippen molar-refractivity contribution in [3.8, 4) is 6.01 Å². The predicted molar refractivity (Wildman–Crippen MR) is 81.5 cm³/mol. The van der Waals surface area contributed by atoms with Crippen molar-refractivity contribution in [3.05, 3.63) is 17.5 Å². The van der Waals surface area contributed by atoms with E-state index in [9.17, 15) is 0 Å². The molecule has 0 fully saturated rings. The molecule has 0 saturated heterocycles. The SMILES string of the molecule is CCCCCCC(C)Oc1nc(C)cc(C(N)=S)n1. The first-order valence-corrected chi connectivity index (χ1v) is 7.26. The van der Waals surface area contributed by atoms with Gasteiger partial charge in [-0.15, -0.1) is 0 Å². The first kappa shape index (κ1) is 15.8. The summed E-state index contributed by atoms with van der Waals surface area (Å²) in [6, 6.07) is 2.13. The summed E-state index contributed by atoms with van der Waals surface area (Å²) in [6.45, 7) is 6.12. The fourth-order valence-corrected chi connectivity index (χ4v) is 1.92. The highest BCUT2D eigenvalue weighted by Gasteiger charge is 2.09. The van der Waals surface area contributed by atoms with Gasteiger partial charge in [0.15, 0.2) is 0 Å². The van der Waals surface area contributed by atoms with Crippen LogP contribution in [0.2, 0.25) is 0 Å². The van der Waals surface area contributed by atoms with Crippen molar-refractivity contribution in [2.45, 2.75) is 59.0 Å². The smallest absolute Gasteiger partial charge is 0.317 e. The van der Waals surface area contributed by atoms with Crippen LogP contribution in [-0.4, -0.2) is 21.1 Å². The zero-order valence-corrected chi connectivity index (χ0v) is 12.8. The third-order valence-corrected chi connectivity index (χ3v) is 3.07. The topological polar surface area (TPSA) is 61.0 Å². The summed E-state index contributed by atoms with van der Waals surface area (Å²) in [7, 11) is 0. The summed E-state index contributed by atoms with van der Waals surface area (Å²) < 4.78 is 5.73. The number of rotatable bonds is 8. The van der Waals surface area contributed by atoms with Gasteiger partial charge in [0.1, 0.15) is 10.7 Å². The second-order valence-corrected chi connectivity index (χ2v) is 5.26. The van der Waals surface area contributed by atoms with E-state index in [2.05, 4.69) is 16.9 Å². The predicted octanol–water partition coefficient (Wildman–Crippen LogP) is 3.16. The van der Waals surface area contributed by atoms with E-state index in [-0.39, 0.29) is 11.1 Å². The molecule has 0 aromatic carbocycles. The van der Waals surface area contributed by atoms with E-state index in [0.29, 0.717) is 11.7 Å². The molecule has 0 aliphatic carbocycles. The zero-order valence-electron chi connectivity index (χ0n) is 12.0. The quantitative estimate of drug-likeness (QED) is 0.586. The van der Waals surface area contributed by atoms with Crippen molar-refractivity contribution < 1.29 is 4.74 Å². The lowest BCUT2D eigenvalue weighted by Gasteiger charge is -2.13. The standard InChI is InChI=1S/C14H23N3OS/c1-4-5-6-7-8-11(3)18-14-16-10(2)9-12(17-14)13(15)19/h9,11H,4-8H2,1-3H3,(H2,15,19). The molecule has 0 amide bonds. The van der Waals surface area contributed by atoms with Crippen molar-refractivity contribution in [1.82, 2.24) is 9.97 Å². The zero-order chi connectivity index (χ0) is 14.3. The Morgan fingerprint density at radius 3 is 2.74 bits per heavy atom. The summed E-state index contributed by atoms with van der Waals surface area (Å²) in [6.07, 6.45) is 6.06. The first-order valence-electron chi connectivity index (χ1n) is 6.85. The number of nitrogens with zero attached hydrogens (tertiary/aromatic N) is 2. The maximum Gasteiger partial charge on any atom is 0.317 e. The lowest BCUT2D eigenvalue weighted by atomic mass is 10.1. The summed E-state index contributed by atoms with van der Waals surface area (Å²) in [4.78, 5) is 8.74. The van der Waals surface area contributed by atoms with Gasteiger partial charge in [0, 0.05) is 5.69 Å². The maximum atomic E-state index is 5.73. The molecular formula is C14H23N3OS. The lowest BCUT2D eigenvalue weighted by Crippen LogP contribution is -2.17. The van der Waals surface area contributed by atoms with Crippen LogP contribution < -0.4 is 10.5 Å². The minimum atomic E-state index is 0.109. The molecule has 0 aliphatic rings. The maximum absolute atomic E-state index is 5.73. The molecule has 2 N–H and O–H groups in total.